The predicted octanol–water partition coefficient (Wildman–Crippen LogP) is 7.20. The number of thiophene rings is 1. The van der Waals surface area contributed by atoms with Crippen LogP contribution in [0.4, 0.5) is 4.39 Å². The molecule has 0 radical (unpaired) electrons. The molecule has 0 aliphatic rings. The molecule has 0 aliphatic carbocycles. The summed E-state index contributed by atoms with van der Waals surface area (Å²) in [5.74, 6) is -2.06. The molecule has 0 unspecified atom stereocenters. The molecule has 0 bridgehead atoms. The maximum Gasteiger partial charge on any atom is 0.326 e. The van der Waals surface area contributed by atoms with Gasteiger partial charge in [0.15, 0.2) is 0 Å². The van der Waals surface area contributed by atoms with Gasteiger partial charge >= 0.3 is 5.97 Å². The zero-order chi connectivity index (χ0) is 24.9. The summed E-state index contributed by atoms with van der Waals surface area (Å²) in [5.41, 5.74) is 2.31. The lowest BCUT2D eigenvalue weighted by atomic mass is 10.0. The standard InChI is InChI=1S/C27H20Cl2FNO3S/c28-19-9-10-22(23(29)15-19)26(32)31(24(27(33)34)13-17-5-2-1-3-6-17)16-25-21(11-12-35-25)18-7-4-8-20(30)14-18/h1-12,14-15,24H,13,16H2,(H,33,34)/t24-/m0/s1. The van der Waals surface area contributed by atoms with Crippen LogP contribution >= 0.6 is 34.5 Å². The first-order chi connectivity index (χ1) is 16.8. The monoisotopic (exact) mass is 527 g/mol. The number of carboxylic acids is 1. The Hall–Kier alpha value is -3.19. The topological polar surface area (TPSA) is 57.6 Å². The quantitative estimate of drug-likeness (QED) is 0.263. The van der Waals surface area contributed by atoms with Crippen LogP contribution in [0.25, 0.3) is 11.1 Å². The molecule has 3 aromatic carbocycles. The molecule has 4 nitrogen and oxygen atoms in total. The van der Waals surface area contributed by atoms with Crippen LogP contribution in [0.1, 0.15) is 20.8 Å². The molecule has 0 saturated carbocycles. The molecule has 1 N–H and O–H groups in total. The first kappa shape index (κ1) is 24.9. The Balaban J connectivity index is 1.76. The minimum atomic E-state index is -1.17. The summed E-state index contributed by atoms with van der Waals surface area (Å²) < 4.78 is 13.9. The number of carbonyl (C=O) groups excluding carboxylic acids is 1. The van der Waals surface area contributed by atoms with Crippen molar-refractivity contribution in [3.63, 3.8) is 0 Å². The van der Waals surface area contributed by atoms with Crippen molar-refractivity contribution in [2.75, 3.05) is 0 Å². The summed E-state index contributed by atoms with van der Waals surface area (Å²) in [6.07, 6.45) is 0.105. The van der Waals surface area contributed by atoms with Crippen molar-refractivity contribution in [1.82, 2.24) is 4.90 Å². The summed E-state index contributed by atoms with van der Waals surface area (Å²) in [6, 6.07) is 20.4. The van der Waals surface area contributed by atoms with E-state index in [4.69, 9.17) is 23.2 Å². The Labute approximate surface area is 216 Å². The van der Waals surface area contributed by atoms with Gasteiger partial charge in [-0.3, -0.25) is 4.79 Å². The number of amides is 1. The Morgan fingerprint density at radius 3 is 2.43 bits per heavy atom. The van der Waals surface area contributed by atoms with Crippen LogP contribution < -0.4 is 0 Å². The van der Waals surface area contributed by atoms with Gasteiger partial charge in [0.1, 0.15) is 11.9 Å². The van der Waals surface area contributed by atoms with Crippen molar-refractivity contribution in [3.05, 3.63) is 116 Å². The molecule has 0 spiro atoms. The highest BCUT2D eigenvalue weighted by Crippen LogP contribution is 2.32. The zero-order valence-corrected chi connectivity index (χ0v) is 20.7. The van der Waals surface area contributed by atoms with Crippen LogP contribution in [0.2, 0.25) is 10.0 Å². The van der Waals surface area contributed by atoms with Gasteiger partial charge in [-0.1, -0.05) is 65.7 Å². The number of rotatable bonds is 8. The van der Waals surface area contributed by atoms with E-state index in [0.29, 0.717) is 10.6 Å². The molecular formula is C27H20Cl2FNO3S. The molecule has 0 saturated heterocycles. The zero-order valence-electron chi connectivity index (χ0n) is 18.3. The molecule has 0 fully saturated rings. The van der Waals surface area contributed by atoms with E-state index in [-0.39, 0.29) is 29.4 Å². The van der Waals surface area contributed by atoms with Gasteiger partial charge in [0.05, 0.1) is 17.1 Å². The fourth-order valence-corrected chi connectivity index (χ4v) is 5.22. The minimum absolute atomic E-state index is 0.00506. The number of carbonyl (C=O) groups is 2. The van der Waals surface area contributed by atoms with Crippen LogP contribution in [-0.2, 0) is 17.8 Å². The van der Waals surface area contributed by atoms with Gasteiger partial charge in [0.25, 0.3) is 5.91 Å². The normalized spacial score (nSPS) is 11.7. The number of hydrogen-bond acceptors (Lipinski definition) is 3. The predicted molar refractivity (Wildman–Crippen MR) is 138 cm³/mol. The van der Waals surface area contributed by atoms with Gasteiger partial charge in [-0.15, -0.1) is 11.3 Å². The maximum atomic E-state index is 13.9. The third kappa shape index (κ3) is 5.90. The van der Waals surface area contributed by atoms with E-state index >= 15 is 0 Å². The number of carboxylic acid groups (broad SMARTS) is 1. The first-order valence-corrected chi connectivity index (χ1v) is 12.3. The largest absolute Gasteiger partial charge is 0.480 e. The molecule has 35 heavy (non-hydrogen) atoms. The minimum Gasteiger partial charge on any atom is -0.480 e. The van der Waals surface area contributed by atoms with Crippen LogP contribution in [0.3, 0.4) is 0 Å². The molecule has 1 aromatic heterocycles. The van der Waals surface area contributed by atoms with Crippen molar-refractivity contribution in [1.29, 1.82) is 0 Å². The van der Waals surface area contributed by atoms with Crippen molar-refractivity contribution >= 4 is 46.4 Å². The fraction of sp³-hybridized carbons (Fsp3) is 0.111. The fourth-order valence-electron chi connectivity index (χ4n) is 3.84. The van der Waals surface area contributed by atoms with Crippen LogP contribution in [-0.4, -0.2) is 27.9 Å². The summed E-state index contributed by atoms with van der Waals surface area (Å²) in [7, 11) is 0. The molecule has 1 heterocycles. The van der Waals surface area contributed by atoms with Gasteiger partial charge in [0.2, 0.25) is 0 Å². The number of nitrogens with zero attached hydrogens (tertiary/aromatic N) is 1. The van der Waals surface area contributed by atoms with Gasteiger partial charge in [0, 0.05) is 16.3 Å². The SMILES string of the molecule is O=C(O)[C@H](Cc1ccccc1)N(Cc1sccc1-c1cccc(F)c1)C(=O)c1ccc(Cl)cc1Cl. The van der Waals surface area contributed by atoms with E-state index in [2.05, 4.69) is 0 Å². The Morgan fingerprint density at radius 1 is 0.971 bits per heavy atom. The van der Waals surface area contributed by atoms with Gasteiger partial charge in [-0.2, -0.15) is 0 Å². The van der Waals surface area contributed by atoms with Crippen molar-refractivity contribution in [3.8, 4) is 11.1 Å². The lowest BCUT2D eigenvalue weighted by Crippen LogP contribution is -2.46. The highest BCUT2D eigenvalue weighted by molar-refractivity contribution is 7.10. The second-order valence-corrected chi connectivity index (χ2v) is 9.71. The second-order valence-electron chi connectivity index (χ2n) is 7.87. The Bertz CT molecular complexity index is 1360. The summed E-state index contributed by atoms with van der Waals surface area (Å²) in [6.45, 7) is 0.00506. The van der Waals surface area contributed by atoms with Crippen LogP contribution in [0, 0.1) is 5.82 Å². The highest BCUT2D eigenvalue weighted by Gasteiger charge is 2.32. The second kappa shape index (κ2) is 11.0. The number of benzene rings is 3. The molecule has 178 valence electrons. The average molecular weight is 528 g/mol. The smallest absolute Gasteiger partial charge is 0.326 e. The summed E-state index contributed by atoms with van der Waals surface area (Å²) in [5, 5.41) is 12.5. The van der Waals surface area contributed by atoms with Crippen LogP contribution in [0.5, 0.6) is 0 Å². The van der Waals surface area contributed by atoms with Gasteiger partial charge < -0.3 is 10.0 Å². The molecule has 0 aliphatic heterocycles. The summed E-state index contributed by atoms with van der Waals surface area (Å²) >= 11 is 13.7. The highest BCUT2D eigenvalue weighted by atomic mass is 35.5. The Kier molecular flexibility index (Phi) is 7.86. The van der Waals surface area contributed by atoms with E-state index in [1.807, 2.05) is 41.8 Å². The molecule has 8 heteroatoms. The van der Waals surface area contributed by atoms with E-state index in [1.165, 1.54) is 46.6 Å². The number of halogens is 3. The molecule has 4 aromatic rings. The summed E-state index contributed by atoms with van der Waals surface area (Å²) in [4.78, 5) is 28.2. The van der Waals surface area contributed by atoms with E-state index < -0.39 is 17.9 Å². The molecular weight excluding hydrogens is 508 g/mol. The van der Waals surface area contributed by atoms with Gasteiger partial charge in [-0.25, -0.2) is 9.18 Å². The maximum absolute atomic E-state index is 13.9. The first-order valence-electron chi connectivity index (χ1n) is 10.7. The average Bonchev–Trinajstić information content (AvgIpc) is 3.30. The van der Waals surface area contributed by atoms with E-state index in [0.717, 1.165) is 16.0 Å². The van der Waals surface area contributed by atoms with Crippen molar-refractivity contribution in [2.45, 2.75) is 19.0 Å². The van der Waals surface area contributed by atoms with Gasteiger partial charge in [-0.05, 0) is 58.5 Å². The van der Waals surface area contributed by atoms with E-state index in [1.54, 1.807) is 12.1 Å². The van der Waals surface area contributed by atoms with Crippen molar-refractivity contribution < 1.29 is 19.1 Å². The third-order valence-electron chi connectivity index (χ3n) is 5.55. The molecule has 1 amide bonds. The lowest BCUT2D eigenvalue weighted by molar-refractivity contribution is -0.142. The number of aliphatic carboxylic acids is 1. The Morgan fingerprint density at radius 2 is 1.74 bits per heavy atom. The lowest BCUT2D eigenvalue weighted by Gasteiger charge is -2.30. The van der Waals surface area contributed by atoms with Crippen LogP contribution in [0.15, 0.2) is 84.2 Å². The van der Waals surface area contributed by atoms with Crippen molar-refractivity contribution in [2.24, 2.45) is 0 Å². The number of hydrogen-bond donors (Lipinski definition) is 1. The molecule has 4 rings (SSSR count). The third-order valence-corrected chi connectivity index (χ3v) is 7.00. The molecule has 1 atom stereocenters. The van der Waals surface area contributed by atoms with E-state index in [9.17, 15) is 19.1 Å².